The van der Waals surface area contributed by atoms with E-state index in [1.165, 1.54) is 11.3 Å². The summed E-state index contributed by atoms with van der Waals surface area (Å²) in [5, 5.41) is 0. The Morgan fingerprint density at radius 1 is 1.43 bits per heavy atom. The Balaban J connectivity index is 2.17. The lowest BCUT2D eigenvalue weighted by Gasteiger charge is -2.07. The first-order chi connectivity index (χ1) is 9.97. The zero-order valence-electron chi connectivity index (χ0n) is 12.1. The van der Waals surface area contributed by atoms with E-state index in [2.05, 4.69) is 9.71 Å². The standard InChI is InChI=1S/C14H19N3O2S2/c1-3-11-5-4-6-16-12(11)9-17-21(18,19)14-7-10(2)13(8-15)20-14/h4-7,17H,3,8-9,15H2,1-2H3. The van der Waals surface area contributed by atoms with Gasteiger partial charge in [-0.25, -0.2) is 13.1 Å². The quantitative estimate of drug-likeness (QED) is 0.850. The molecule has 0 aliphatic carbocycles. The number of pyridine rings is 1. The Morgan fingerprint density at radius 2 is 2.19 bits per heavy atom. The van der Waals surface area contributed by atoms with Crippen LogP contribution < -0.4 is 10.5 Å². The van der Waals surface area contributed by atoms with E-state index in [0.29, 0.717) is 10.8 Å². The predicted octanol–water partition coefficient (Wildman–Crippen LogP) is 1.95. The van der Waals surface area contributed by atoms with Gasteiger partial charge in [-0.1, -0.05) is 13.0 Å². The van der Waals surface area contributed by atoms with Crippen molar-refractivity contribution in [2.24, 2.45) is 5.73 Å². The van der Waals surface area contributed by atoms with Crippen LogP contribution in [-0.2, 0) is 29.5 Å². The van der Waals surface area contributed by atoms with Gasteiger partial charge in [0.2, 0.25) is 10.0 Å². The number of hydrogen-bond acceptors (Lipinski definition) is 5. The molecule has 0 spiro atoms. The number of nitrogens with one attached hydrogen (secondary N) is 1. The molecule has 2 heterocycles. The zero-order valence-corrected chi connectivity index (χ0v) is 13.7. The predicted molar refractivity (Wildman–Crippen MR) is 84.6 cm³/mol. The molecular formula is C14H19N3O2S2. The highest BCUT2D eigenvalue weighted by Gasteiger charge is 2.18. The Kier molecular flexibility index (Phi) is 5.10. The van der Waals surface area contributed by atoms with Crippen LogP contribution in [0.15, 0.2) is 28.6 Å². The number of sulfonamides is 1. The average Bonchev–Trinajstić information content (AvgIpc) is 2.87. The first-order valence-corrected chi connectivity index (χ1v) is 8.99. The third kappa shape index (κ3) is 3.68. The molecule has 21 heavy (non-hydrogen) atoms. The maximum absolute atomic E-state index is 12.3. The Morgan fingerprint density at radius 3 is 2.81 bits per heavy atom. The minimum Gasteiger partial charge on any atom is -0.326 e. The molecule has 0 aliphatic rings. The van der Waals surface area contributed by atoms with Crippen LogP contribution in [0.4, 0.5) is 0 Å². The van der Waals surface area contributed by atoms with E-state index in [-0.39, 0.29) is 6.54 Å². The third-order valence-electron chi connectivity index (χ3n) is 3.24. The fourth-order valence-corrected chi connectivity index (χ4v) is 4.51. The molecule has 114 valence electrons. The normalized spacial score (nSPS) is 11.8. The molecule has 0 radical (unpaired) electrons. The van der Waals surface area contributed by atoms with Gasteiger partial charge in [-0.15, -0.1) is 11.3 Å². The van der Waals surface area contributed by atoms with E-state index in [1.54, 1.807) is 12.3 Å². The van der Waals surface area contributed by atoms with Crippen molar-refractivity contribution >= 4 is 21.4 Å². The van der Waals surface area contributed by atoms with Crippen LogP contribution in [0.5, 0.6) is 0 Å². The fraction of sp³-hybridized carbons (Fsp3) is 0.357. The van der Waals surface area contributed by atoms with Crippen LogP contribution in [0, 0.1) is 6.92 Å². The summed E-state index contributed by atoms with van der Waals surface area (Å²) in [5.74, 6) is 0. The molecule has 2 rings (SSSR count). The summed E-state index contributed by atoms with van der Waals surface area (Å²) in [6.07, 6.45) is 2.49. The van der Waals surface area contributed by atoms with Crippen molar-refractivity contribution in [1.82, 2.24) is 9.71 Å². The summed E-state index contributed by atoms with van der Waals surface area (Å²) >= 11 is 1.22. The van der Waals surface area contributed by atoms with Gasteiger partial charge >= 0.3 is 0 Å². The first-order valence-electron chi connectivity index (χ1n) is 6.69. The number of aromatic nitrogens is 1. The topological polar surface area (TPSA) is 85.1 Å². The van der Waals surface area contributed by atoms with Crippen LogP contribution in [0.3, 0.4) is 0 Å². The van der Waals surface area contributed by atoms with E-state index in [4.69, 9.17) is 5.73 Å². The molecule has 5 nitrogen and oxygen atoms in total. The van der Waals surface area contributed by atoms with Crippen molar-refractivity contribution in [2.45, 2.75) is 37.6 Å². The van der Waals surface area contributed by atoms with Crippen molar-refractivity contribution in [3.05, 3.63) is 46.1 Å². The second kappa shape index (κ2) is 6.65. The Labute approximate surface area is 129 Å². The lowest BCUT2D eigenvalue weighted by molar-refractivity contribution is 0.582. The maximum Gasteiger partial charge on any atom is 0.250 e. The van der Waals surface area contributed by atoms with Crippen molar-refractivity contribution in [2.75, 3.05) is 0 Å². The number of rotatable bonds is 6. The summed E-state index contributed by atoms with van der Waals surface area (Å²) in [7, 11) is -3.52. The molecule has 2 aromatic heterocycles. The van der Waals surface area contributed by atoms with E-state index < -0.39 is 10.0 Å². The number of hydrogen-bond donors (Lipinski definition) is 2. The van der Waals surface area contributed by atoms with Gasteiger partial charge in [0, 0.05) is 17.6 Å². The minimum absolute atomic E-state index is 0.196. The third-order valence-corrected chi connectivity index (χ3v) is 6.38. The van der Waals surface area contributed by atoms with E-state index in [1.807, 2.05) is 26.0 Å². The number of aryl methyl sites for hydroxylation is 2. The van der Waals surface area contributed by atoms with Crippen molar-refractivity contribution in [3.63, 3.8) is 0 Å². The molecule has 0 amide bonds. The molecule has 3 N–H and O–H groups in total. The molecule has 0 saturated carbocycles. The minimum atomic E-state index is -3.52. The van der Waals surface area contributed by atoms with Crippen molar-refractivity contribution < 1.29 is 8.42 Å². The van der Waals surface area contributed by atoms with Crippen LogP contribution >= 0.6 is 11.3 Å². The Bertz CT molecular complexity index is 724. The van der Waals surface area contributed by atoms with Crippen LogP contribution in [-0.4, -0.2) is 13.4 Å². The molecule has 0 aromatic carbocycles. The highest BCUT2D eigenvalue weighted by molar-refractivity contribution is 7.91. The summed E-state index contributed by atoms with van der Waals surface area (Å²) in [6, 6.07) is 5.47. The van der Waals surface area contributed by atoms with E-state index in [9.17, 15) is 8.42 Å². The van der Waals surface area contributed by atoms with Gasteiger partial charge in [0.25, 0.3) is 0 Å². The van der Waals surface area contributed by atoms with E-state index in [0.717, 1.165) is 28.1 Å². The summed E-state index contributed by atoms with van der Waals surface area (Å²) in [4.78, 5) is 5.13. The smallest absolute Gasteiger partial charge is 0.250 e. The van der Waals surface area contributed by atoms with Gasteiger partial charge in [-0.2, -0.15) is 0 Å². The second-order valence-corrected chi connectivity index (χ2v) is 7.79. The summed E-state index contributed by atoms with van der Waals surface area (Å²) < 4.78 is 27.5. The molecular weight excluding hydrogens is 306 g/mol. The first kappa shape index (κ1) is 16.1. The van der Waals surface area contributed by atoms with Crippen LogP contribution in [0.25, 0.3) is 0 Å². The van der Waals surface area contributed by atoms with Gasteiger partial charge in [-0.05, 0) is 36.6 Å². The molecule has 0 unspecified atom stereocenters. The molecule has 0 bridgehead atoms. The summed E-state index contributed by atoms with van der Waals surface area (Å²) in [6.45, 7) is 4.43. The van der Waals surface area contributed by atoms with Crippen LogP contribution in [0.2, 0.25) is 0 Å². The lowest BCUT2D eigenvalue weighted by Crippen LogP contribution is -2.23. The second-order valence-electron chi connectivity index (χ2n) is 4.66. The number of nitrogens with zero attached hydrogens (tertiary/aromatic N) is 1. The monoisotopic (exact) mass is 325 g/mol. The highest BCUT2D eigenvalue weighted by Crippen LogP contribution is 2.25. The fourth-order valence-electron chi connectivity index (χ4n) is 2.01. The maximum atomic E-state index is 12.3. The van der Waals surface area contributed by atoms with Crippen molar-refractivity contribution in [3.8, 4) is 0 Å². The van der Waals surface area contributed by atoms with Gasteiger partial charge < -0.3 is 5.73 Å². The highest BCUT2D eigenvalue weighted by atomic mass is 32.2. The van der Waals surface area contributed by atoms with E-state index >= 15 is 0 Å². The van der Waals surface area contributed by atoms with Gasteiger partial charge in [-0.3, -0.25) is 4.98 Å². The Hall–Kier alpha value is -1.28. The molecule has 0 fully saturated rings. The average molecular weight is 325 g/mol. The van der Waals surface area contributed by atoms with Crippen LogP contribution in [0.1, 0.15) is 28.6 Å². The SMILES string of the molecule is CCc1cccnc1CNS(=O)(=O)c1cc(C)c(CN)s1. The molecule has 0 saturated heterocycles. The van der Waals surface area contributed by atoms with Crippen molar-refractivity contribution in [1.29, 1.82) is 0 Å². The molecule has 7 heteroatoms. The molecule has 0 aliphatic heterocycles. The molecule has 2 aromatic rings. The largest absolute Gasteiger partial charge is 0.326 e. The molecule has 0 atom stereocenters. The van der Waals surface area contributed by atoms with Gasteiger partial charge in [0.05, 0.1) is 12.2 Å². The zero-order chi connectivity index (χ0) is 15.5. The number of thiophene rings is 1. The van der Waals surface area contributed by atoms with Gasteiger partial charge in [0.1, 0.15) is 4.21 Å². The summed E-state index contributed by atoms with van der Waals surface area (Å²) in [5.41, 5.74) is 8.31. The lowest BCUT2D eigenvalue weighted by atomic mass is 10.1. The van der Waals surface area contributed by atoms with Gasteiger partial charge in [0.15, 0.2) is 0 Å². The number of nitrogens with two attached hydrogens (primary N) is 1.